The van der Waals surface area contributed by atoms with Gasteiger partial charge in [-0.25, -0.2) is 14.0 Å². The zero-order valence-corrected chi connectivity index (χ0v) is 21.9. The summed E-state index contributed by atoms with van der Waals surface area (Å²) in [6.07, 6.45) is 1.58. The normalized spacial score (nSPS) is 13.2. The van der Waals surface area contributed by atoms with E-state index < -0.39 is 15.8 Å². The Morgan fingerprint density at radius 1 is 1.16 bits per heavy atom. The number of aromatic nitrogens is 2. The summed E-state index contributed by atoms with van der Waals surface area (Å²) >= 11 is 0. The molecule has 0 aliphatic heterocycles. The minimum absolute atomic E-state index is 0.0399. The van der Waals surface area contributed by atoms with Crippen LogP contribution in [0.3, 0.4) is 0 Å². The first-order valence-corrected chi connectivity index (χ1v) is 13.1. The fourth-order valence-electron chi connectivity index (χ4n) is 3.27. The van der Waals surface area contributed by atoms with E-state index in [1.54, 1.807) is 17.6 Å². The first-order valence-electron chi connectivity index (χ1n) is 11.6. The lowest BCUT2D eigenvalue weighted by Crippen LogP contribution is -2.21. The van der Waals surface area contributed by atoms with E-state index in [4.69, 9.17) is 16.3 Å². The van der Waals surface area contributed by atoms with Crippen molar-refractivity contribution in [2.75, 3.05) is 24.6 Å². The monoisotopic (exact) mass is 545 g/mol. The van der Waals surface area contributed by atoms with Crippen molar-refractivity contribution in [2.45, 2.75) is 59.4 Å². The molecule has 37 heavy (non-hydrogen) atoms. The average molecular weight is 546 g/mol. The minimum atomic E-state index is -4.98. The van der Waals surface area contributed by atoms with Crippen molar-refractivity contribution in [1.82, 2.24) is 9.55 Å². The lowest BCUT2D eigenvalue weighted by atomic mass is 10.2. The van der Waals surface area contributed by atoms with Crippen LogP contribution in [0.2, 0.25) is 0 Å². The van der Waals surface area contributed by atoms with Crippen LogP contribution in [0.4, 0.5) is 42.1 Å². The Labute approximate surface area is 214 Å². The summed E-state index contributed by atoms with van der Waals surface area (Å²) in [5.74, 6) is -3.61. The molecule has 0 aliphatic carbocycles. The Morgan fingerprint density at radius 2 is 1.89 bits per heavy atom. The highest BCUT2D eigenvalue weighted by atomic mass is 32.2. The van der Waals surface area contributed by atoms with Crippen LogP contribution in [0.15, 0.2) is 32.8 Å². The molecular formula is C22H30F3N7O4S. The molecule has 0 bridgehead atoms. The first-order chi connectivity index (χ1) is 17.8. The molecular weight excluding hydrogens is 515 g/mol. The number of azo groups is 1. The Bertz CT molecular complexity index is 1220. The minimum Gasteiger partial charge on any atom is -0.372 e. The van der Waals surface area contributed by atoms with Gasteiger partial charge >= 0.3 is 11.7 Å². The zero-order chi connectivity index (χ0) is 27.4. The van der Waals surface area contributed by atoms with E-state index in [0.29, 0.717) is 37.6 Å². The number of benzene rings is 1. The van der Waals surface area contributed by atoms with Crippen LogP contribution in [0.25, 0.3) is 4.85 Å². The molecule has 1 unspecified atom stereocenters. The molecule has 0 aliphatic rings. The van der Waals surface area contributed by atoms with Crippen molar-refractivity contribution < 1.29 is 31.7 Å². The predicted molar refractivity (Wildman–Crippen MR) is 132 cm³/mol. The quantitative estimate of drug-likeness (QED) is 0.0777. The first kappa shape index (κ1) is 30.2. The molecule has 204 valence electrons. The third-order valence-corrected chi connectivity index (χ3v) is 6.23. The van der Waals surface area contributed by atoms with Gasteiger partial charge in [-0.1, -0.05) is 34.4 Å². The molecule has 1 heterocycles. The Kier molecular flexibility index (Phi) is 11.9. The van der Waals surface area contributed by atoms with Crippen LogP contribution >= 0.6 is 0 Å². The van der Waals surface area contributed by atoms with E-state index in [9.17, 15) is 17.5 Å². The van der Waals surface area contributed by atoms with Crippen LogP contribution in [0.5, 0.6) is 0 Å². The van der Waals surface area contributed by atoms with Gasteiger partial charge in [-0.15, -0.1) is 5.11 Å². The summed E-state index contributed by atoms with van der Waals surface area (Å²) in [7, 11) is -4.98. The molecule has 2 aromatic rings. The fourth-order valence-corrected chi connectivity index (χ4v) is 3.86. The number of alkyl halides is 2. The van der Waals surface area contributed by atoms with Crippen LogP contribution in [0.1, 0.15) is 46.2 Å². The molecule has 0 N–H and O–H groups in total. The number of hydrogen-bond acceptors (Lipinski definition) is 9. The van der Waals surface area contributed by atoms with E-state index >= 15 is 0 Å². The van der Waals surface area contributed by atoms with Gasteiger partial charge in [-0.2, -0.15) is 13.1 Å². The second kappa shape index (κ2) is 14.6. The zero-order valence-electron chi connectivity index (χ0n) is 21.1. The Morgan fingerprint density at radius 3 is 2.46 bits per heavy atom. The smallest absolute Gasteiger partial charge is 0.345 e. The highest BCUT2D eigenvalue weighted by molar-refractivity contribution is 7.89. The van der Waals surface area contributed by atoms with Gasteiger partial charge in [-0.3, -0.25) is 4.57 Å². The second-order valence-electron chi connectivity index (χ2n) is 7.44. The van der Waals surface area contributed by atoms with Gasteiger partial charge < -0.3 is 9.74 Å². The molecule has 0 fully saturated rings. The average Bonchev–Trinajstić information content (AvgIpc) is 3.23. The number of anilines is 1. The molecule has 0 spiro atoms. The number of nitrogens with zero attached hydrogens (tertiary/aromatic N) is 7. The lowest BCUT2D eigenvalue weighted by molar-refractivity contribution is -0.301. The molecule has 2 rings (SSSR count). The fraction of sp³-hybridized carbons (Fsp3) is 0.545. The maximum atomic E-state index is 13.3. The molecule has 0 saturated heterocycles. The number of unbranched alkanes of at least 4 members (excludes halogenated alkanes) is 1. The van der Waals surface area contributed by atoms with Crippen molar-refractivity contribution in [3.8, 4) is 0 Å². The van der Waals surface area contributed by atoms with E-state index in [-0.39, 0.29) is 29.7 Å². The van der Waals surface area contributed by atoms with Crippen molar-refractivity contribution in [2.24, 2.45) is 14.6 Å². The number of halogens is 3. The summed E-state index contributed by atoms with van der Waals surface area (Å²) in [6.45, 7) is 16.8. The molecule has 1 aromatic heterocycles. The van der Waals surface area contributed by atoms with Crippen molar-refractivity contribution >= 4 is 38.8 Å². The lowest BCUT2D eigenvalue weighted by Gasteiger charge is -2.21. The third kappa shape index (κ3) is 7.71. The van der Waals surface area contributed by atoms with E-state index in [2.05, 4.69) is 28.8 Å². The second-order valence-corrected chi connectivity index (χ2v) is 9.14. The summed E-state index contributed by atoms with van der Waals surface area (Å²) in [5.41, 5.74) is 0.600. The standard InChI is InChI=1S/C22H30F3N7O4S/c1-6-10-13-32-19(15-35-34-9-4)20(26-5)27-22(32)29-28-17-12-11-16(31(7-2)8-3)14-18(17)30-37(33,36-25)21(23)24/h11-12,14,21H,6-10,13,15H2,1-4H3. The number of rotatable bonds is 15. The third-order valence-electron chi connectivity index (χ3n) is 5.15. The molecule has 0 amide bonds. The van der Waals surface area contributed by atoms with Gasteiger partial charge in [-0.05, 0) is 49.9 Å². The predicted octanol–water partition coefficient (Wildman–Crippen LogP) is 7.10. The largest absolute Gasteiger partial charge is 0.372 e. The van der Waals surface area contributed by atoms with Crippen LogP contribution < -0.4 is 4.90 Å². The van der Waals surface area contributed by atoms with E-state index in [0.717, 1.165) is 12.8 Å². The topological polar surface area (TPSA) is 107 Å². The van der Waals surface area contributed by atoms with Crippen LogP contribution in [-0.4, -0.2) is 39.2 Å². The van der Waals surface area contributed by atoms with Crippen molar-refractivity contribution in [3.63, 3.8) is 0 Å². The molecule has 15 heteroatoms. The Hall–Kier alpha value is -3.06. The highest BCUT2D eigenvalue weighted by Gasteiger charge is 2.26. The summed E-state index contributed by atoms with van der Waals surface area (Å²) in [5, 5.41) is 8.18. The van der Waals surface area contributed by atoms with Gasteiger partial charge in [0.05, 0.1) is 12.3 Å². The van der Waals surface area contributed by atoms with Crippen LogP contribution in [-0.2, 0) is 37.3 Å². The van der Waals surface area contributed by atoms with Gasteiger partial charge in [0.15, 0.2) is 0 Å². The Balaban J connectivity index is 2.64. The molecule has 1 atom stereocenters. The summed E-state index contributed by atoms with van der Waals surface area (Å²) < 4.78 is 59.7. The van der Waals surface area contributed by atoms with Crippen LogP contribution in [0, 0.1) is 6.57 Å². The summed E-state index contributed by atoms with van der Waals surface area (Å²) in [4.78, 5) is 19.6. The van der Waals surface area contributed by atoms with Gasteiger partial charge in [0, 0.05) is 25.3 Å². The van der Waals surface area contributed by atoms with E-state index in [1.807, 2.05) is 25.7 Å². The van der Waals surface area contributed by atoms with Gasteiger partial charge in [0.2, 0.25) is 0 Å². The summed E-state index contributed by atoms with van der Waals surface area (Å²) in [6, 6.07) is 4.42. The molecule has 0 saturated carbocycles. The SMILES string of the molecule is [C-]#[N+]c1nc(N=Nc2ccc(N(CC)CC)cc2N=S(=O)(OF)C(F)F)n(CCCC)c1COOCC. The molecule has 1 aromatic carbocycles. The number of hydrogen-bond donors (Lipinski definition) is 0. The number of imidazole rings is 1. The van der Waals surface area contributed by atoms with Gasteiger partial charge in [0.1, 0.15) is 18.0 Å². The van der Waals surface area contributed by atoms with E-state index in [1.165, 1.54) is 12.1 Å². The van der Waals surface area contributed by atoms with Crippen molar-refractivity contribution in [3.05, 3.63) is 35.3 Å². The molecule has 11 nitrogen and oxygen atoms in total. The molecule has 0 radical (unpaired) electrons. The van der Waals surface area contributed by atoms with Gasteiger partial charge in [0.25, 0.3) is 15.8 Å². The highest BCUT2D eigenvalue weighted by Crippen LogP contribution is 2.36. The maximum Gasteiger partial charge on any atom is 0.345 e. The maximum absolute atomic E-state index is 13.3. The van der Waals surface area contributed by atoms with Crippen molar-refractivity contribution in [1.29, 1.82) is 0 Å².